The lowest BCUT2D eigenvalue weighted by Crippen LogP contribution is -2.53. The van der Waals surface area contributed by atoms with Gasteiger partial charge in [0.2, 0.25) is 5.95 Å². The largest absolute Gasteiger partial charge is 0.453 e. The van der Waals surface area contributed by atoms with E-state index in [-0.39, 0.29) is 6.09 Å². The molecular weight excluding hydrogens is 546 g/mol. The number of carbonyl (C=O) groups is 1. The van der Waals surface area contributed by atoms with Crippen LogP contribution in [0.2, 0.25) is 5.02 Å². The first kappa shape index (κ1) is 27.2. The Balaban J connectivity index is 1.19. The third-order valence-electron chi connectivity index (χ3n) is 8.01. The highest BCUT2D eigenvalue weighted by Gasteiger charge is 2.30. The van der Waals surface area contributed by atoms with Crippen molar-refractivity contribution in [1.82, 2.24) is 29.4 Å². The van der Waals surface area contributed by atoms with Crippen molar-refractivity contribution in [1.29, 1.82) is 10.8 Å². The summed E-state index contributed by atoms with van der Waals surface area (Å²) in [6, 6.07) is 4.56. The topological polar surface area (TPSA) is 151 Å². The number of carbonyl (C=O) groups excluding carboxylic acids is 1. The molecule has 2 aromatic heterocycles. The van der Waals surface area contributed by atoms with Crippen molar-refractivity contribution in [3.05, 3.63) is 34.6 Å². The van der Waals surface area contributed by atoms with Gasteiger partial charge >= 0.3 is 6.09 Å². The molecule has 0 spiro atoms. The Morgan fingerprint density at radius 2 is 1.83 bits per heavy atom. The molecule has 4 N–H and O–H groups in total. The number of imidazole rings is 1. The van der Waals surface area contributed by atoms with Gasteiger partial charge in [0.1, 0.15) is 5.69 Å². The molecule has 0 bridgehead atoms. The van der Waals surface area contributed by atoms with Crippen molar-refractivity contribution in [3.63, 3.8) is 0 Å². The van der Waals surface area contributed by atoms with Gasteiger partial charge in [-0.25, -0.2) is 14.3 Å². The number of rotatable bonds is 8. The second-order valence-corrected chi connectivity index (χ2v) is 11.0. The fourth-order valence-electron chi connectivity index (χ4n) is 5.59. The van der Waals surface area contributed by atoms with Crippen molar-refractivity contribution >= 4 is 58.9 Å². The first-order valence-electron chi connectivity index (χ1n) is 13.9. The molecular formula is C27H34ClN11O2. The Labute approximate surface area is 242 Å². The quantitative estimate of drug-likeness (QED) is 0.294. The molecule has 1 aromatic carbocycles. The maximum atomic E-state index is 11.8. The van der Waals surface area contributed by atoms with Gasteiger partial charge in [-0.2, -0.15) is 4.98 Å². The monoisotopic (exact) mass is 579 g/mol. The predicted molar refractivity (Wildman–Crippen MR) is 159 cm³/mol. The number of likely N-dealkylation sites (tertiary alicyclic amines) is 1. The zero-order valence-corrected chi connectivity index (χ0v) is 23.7. The van der Waals surface area contributed by atoms with Gasteiger partial charge in [-0.15, -0.1) is 5.10 Å². The standard InChI is InChI=1S/C27H34ClN11O2/c1-41-27(40)38-6-4-19(5-7-38)36-8-10-37(11-9-36)22-13-17(14-29)12-21(23(22)28)33-26-34-24(32-18-2-3-18)25-31-16-20(15-30)39(25)35-26/h12-16,18-19,29-30H,2-11H2,1H3,(H2,32,33,34,35). The maximum Gasteiger partial charge on any atom is 0.409 e. The second-order valence-electron chi connectivity index (χ2n) is 10.6. The maximum absolute atomic E-state index is 11.8. The number of fused-ring (bicyclic) bond motifs is 1. The number of benzene rings is 1. The summed E-state index contributed by atoms with van der Waals surface area (Å²) in [6.07, 6.45) is 7.89. The first-order chi connectivity index (χ1) is 20.0. The van der Waals surface area contributed by atoms with Crippen LogP contribution in [-0.4, -0.2) is 106 Å². The van der Waals surface area contributed by atoms with Crippen molar-refractivity contribution < 1.29 is 9.53 Å². The summed E-state index contributed by atoms with van der Waals surface area (Å²) in [5.41, 5.74) is 3.28. The van der Waals surface area contributed by atoms with E-state index in [2.05, 4.69) is 35.5 Å². The summed E-state index contributed by atoms with van der Waals surface area (Å²) >= 11 is 6.99. The van der Waals surface area contributed by atoms with Crippen LogP contribution in [-0.2, 0) is 4.74 Å². The molecule has 3 aromatic rings. The zero-order chi connectivity index (χ0) is 28.5. The van der Waals surface area contributed by atoms with Crippen LogP contribution in [0, 0.1) is 10.8 Å². The van der Waals surface area contributed by atoms with Crippen LogP contribution in [0.4, 0.5) is 27.9 Å². The van der Waals surface area contributed by atoms with Crippen molar-refractivity contribution in [2.24, 2.45) is 0 Å². The van der Waals surface area contributed by atoms with Gasteiger partial charge in [0.15, 0.2) is 11.5 Å². The Morgan fingerprint density at radius 3 is 2.49 bits per heavy atom. The Kier molecular flexibility index (Phi) is 7.63. The average molecular weight is 580 g/mol. The highest BCUT2D eigenvalue weighted by Crippen LogP contribution is 2.37. The van der Waals surface area contributed by atoms with Gasteiger partial charge in [-0.1, -0.05) is 11.6 Å². The van der Waals surface area contributed by atoms with Gasteiger partial charge in [0.05, 0.1) is 29.7 Å². The van der Waals surface area contributed by atoms with Crippen molar-refractivity contribution in [2.75, 3.05) is 61.9 Å². The minimum Gasteiger partial charge on any atom is -0.453 e. The first-order valence-corrected chi connectivity index (χ1v) is 14.3. The van der Waals surface area contributed by atoms with Crippen LogP contribution in [0.1, 0.15) is 36.9 Å². The molecule has 2 aliphatic heterocycles. The molecule has 3 fully saturated rings. The van der Waals surface area contributed by atoms with Gasteiger partial charge in [-0.05, 0) is 43.4 Å². The molecule has 0 radical (unpaired) electrons. The third kappa shape index (κ3) is 5.64. The van der Waals surface area contributed by atoms with E-state index in [0.29, 0.717) is 64.6 Å². The minimum absolute atomic E-state index is 0.251. The lowest BCUT2D eigenvalue weighted by atomic mass is 10.0. The summed E-state index contributed by atoms with van der Waals surface area (Å²) in [5.74, 6) is 0.922. The number of piperidine rings is 1. The molecule has 0 unspecified atom stereocenters. The SMILES string of the molecule is COC(=O)N1CCC(N2CCN(c3cc(C=N)cc(Nc4nc(NC5CC5)c5ncc(C=N)n5n4)c3Cl)CC2)CC1. The number of aromatic nitrogens is 4. The number of piperazine rings is 1. The number of nitrogens with one attached hydrogen (secondary N) is 4. The Hall–Kier alpha value is -3.97. The normalized spacial score (nSPS) is 18.4. The van der Waals surface area contributed by atoms with Crippen LogP contribution in [0.25, 0.3) is 5.65 Å². The number of hydrogen-bond donors (Lipinski definition) is 4. The van der Waals surface area contributed by atoms with Crippen LogP contribution < -0.4 is 15.5 Å². The molecule has 3 aliphatic rings. The van der Waals surface area contributed by atoms with E-state index >= 15 is 0 Å². The smallest absolute Gasteiger partial charge is 0.409 e. The summed E-state index contributed by atoms with van der Waals surface area (Å²) < 4.78 is 6.46. The number of nitrogens with zero attached hydrogens (tertiary/aromatic N) is 7. The summed E-state index contributed by atoms with van der Waals surface area (Å²) in [6.45, 7) is 4.80. The molecule has 2 saturated heterocycles. The number of hydrogen-bond acceptors (Lipinski definition) is 11. The van der Waals surface area contributed by atoms with Crippen LogP contribution >= 0.6 is 11.6 Å². The van der Waals surface area contributed by atoms with E-state index in [9.17, 15) is 4.79 Å². The van der Waals surface area contributed by atoms with E-state index in [0.717, 1.165) is 57.5 Å². The molecule has 0 atom stereocenters. The highest BCUT2D eigenvalue weighted by molar-refractivity contribution is 6.36. The number of ether oxygens (including phenoxy) is 1. The van der Waals surface area contributed by atoms with Crippen molar-refractivity contribution in [3.8, 4) is 0 Å². The number of halogens is 1. The van der Waals surface area contributed by atoms with E-state index in [1.54, 1.807) is 15.6 Å². The predicted octanol–water partition coefficient (Wildman–Crippen LogP) is 3.44. The zero-order valence-electron chi connectivity index (χ0n) is 22.9. The lowest BCUT2D eigenvalue weighted by Gasteiger charge is -2.43. The number of methoxy groups -OCH3 is 1. The molecule has 1 amide bonds. The van der Waals surface area contributed by atoms with Gasteiger partial charge in [0.25, 0.3) is 0 Å². The summed E-state index contributed by atoms with van der Waals surface area (Å²) in [7, 11) is 1.43. The molecule has 216 valence electrons. The Morgan fingerprint density at radius 1 is 1.07 bits per heavy atom. The molecule has 41 heavy (non-hydrogen) atoms. The Bertz CT molecular complexity index is 1460. The van der Waals surface area contributed by atoms with E-state index in [1.807, 2.05) is 12.1 Å². The van der Waals surface area contributed by atoms with Crippen LogP contribution in [0.3, 0.4) is 0 Å². The highest BCUT2D eigenvalue weighted by atomic mass is 35.5. The van der Waals surface area contributed by atoms with E-state index < -0.39 is 0 Å². The number of amides is 1. The summed E-state index contributed by atoms with van der Waals surface area (Å²) in [5, 5.41) is 27.5. The second kappa shape index (κ2) is 11.5. The minimum atomic E-state index is -0.251. The molecule has 13 nitrogen and oxygen atoms in total. The molecule has 14 heteroatoms. The van der Waals surface area contributed by atoms with Crippen LogP contribution in [0.15, 0.2) is 18.3 Å². The molecule has 1 saturated carbocycles. The number of anilines is 4. The lowest BCUT2D eigenvalue weighted by molar-refractivity contribution is 0.0817. The van der Waals surface area contributed by atoms with E-state index in [1.165, 1.54) is 19.5 Å². The fraction of sp³-hybridized carbons (Fsp3) is 0.481. The van der Waals surface area contributed by atoms with Crippen LogP contribution in [0.5, 0.6) is 0 Å². The van der Waals surface area contributed by atoms with Gasteiger partial charge in [-0.3, -0.25) is 4.90 Å². The van der Waals surface area contributed by atoms with E-state index in [4.69, 9.17) is 27.2 Å². The van der Waals surface area contributed by atoms with Gasteiger partial charge in [0, 0.05) is 63.8 Å². The molecule has 4 heterocycles. The molecule has 6 rings (SSSR count). The average Bonchev–Trinajstić information content (AvgIpc) is 3.73. The molecule has 1 aliphatic carbocycles. The summed E-state index contributed by atoms with van der Waals surface area (Å²) in [4.78, 5) is 27.5. The fourth-order valence-corrected chi connectivity index (χ4v) is 5.87. The van der Waals surface area contributed by atoms with Crippen molar-refractivity contribution in [2.45, 2.75) is 37.8 Å². The van der Waals surface area contributed by atoms with Gasteiger partial charge < -0.3 is 36.0 Å². The third-order valence-corrected chi connectivity index (χ3v) is 8.41.